The van der Waals surface area contributed by atoms with Gasteiger partial charge >= 0.3 is 0 Å². The van der Waals surface area contributed by atoms with Gasteiger partial charge in [0.05, 0.1) is 16.8 Å². The lowest BCUT2D eigenvalue weighted by molar-refractivity contribution is 0.670. The molecule has 2 heterocycles. The van der Waals surface area contributed by atoms with Gasteiger partial charge in [-0.25, -0.2) is 9.97 Å². The van der Waals surface area contributed by atoms with Gasteiger partial charge in [-0.15, -0.1) is 0 Å². The quantitative estimate of drug-likeness (QED) is 0.172. The first-order chi connectivity index (χ1) is 27.8. The molecule has 0 spiro atoms. The molecule has 0 unspecified atom stereocenters. The van der Waals surface area contributed by atoms with Crippen LogP contribution in [0.5, 0.6) is 0 Å². The molecule has 0 fully saturated rings. The summed E-state index contributed by atoms with van der Waals surface area (Å²) in [6.07, 6.45) is 0. The van der Waals surface area contributed by atoms with Crippen molar-refractivity contribution in [2.75, 3.05) is 0 Å². The van der Waals surface area contributed by atoms with Gasteiger partial charge < -0.3 is 4.42 Å². The first-order valence-electron chi connectivity index (χ1n) is 19.1. The first kappa shape index (κ1) is 32.1. The molecule has 262 valence electrons. The molecule has 10 aromatic rings. The number of hydrogen-bond donors (Lipinski definition) is 0. The largest absolute Gasteiger partial charge is 0.455 e. The van der Waals surface area contributed by atoms with E-state index in [2.05, 4.69) is 194 Å². The Kier molecular flexibility index (Phi) is 7.39. The van der Waals surface area contributed by atoms with E-state index in [-0.39, 0.29) is 0 Å². The summed E-state index contributed by atoms with van der Waals surface area (Å²) in [5.41, 5.74) is 15.3. The zero-order chi connectivity index (χ0) is 37.1. The lowest BCUT2D eigenvalue weighted by Crippen LogP contribution is -2.28. The van der Waals surface area contributed by atoms with Crippen molar-refractivity contribution in [2.45, 2.75) is 5.41 Å². The number of fused-ring (bicyclic) bond motifs is 6. The van der Waals surface area contributed by atoms with Crippen LogP contribution in [-0.2, 0) is 5.41 Å². The molecule has 0 amide bonds. The zero-order valence-corrected chi connectivity index (χ0v) is 30.4. The number of para-hydroxylation sites is 2. The standard InChI is InChI=1S/C53H34N2O/c1-4-17-35(18-5-1)39-23-10-11-25-42(39)48-34-49(45-28-16-27-44-43-26-13-15-30-50(43)56-51(44)45)55-52(54-48)36-31-32-41-40-24-12-14-29-46(40)53(47(41)33-36,37-19-6-2-7-20-37)38-21-8-3-9-22-38/h1-34H. The van der Waals surface area contributed by atoms with Crippen molar-refractivity contribution in [3.8, 4) is 56.2 Å². The summed E-state index contributed by atoms with van der Waals surface area (Å²) in [4.78, 5) is 10.9. The van der Waals surface area contributed by atoms with Gasteiger partial charge in [0.15, 0.2) is 5.82 Å². The van der Waals surface area contributed by atoms with Crippen LogP contribution in [0.3, 0.4) is 0 Å². The smallest absolute Gasteiger partial charge is 0.160 e. The molecule has 0 bridgehead atoms. The third-order valence-corrected chi connectivity index (χ3v) is 11.4. The molecule has 0 aliphatic heterocycles. The predicted molar refractivity (Wildman–Crippen MR) is 228 cm³/mol. The van der Waals surface area contributed by atoms with Crippen LogP contribution < -0.4 is 0 Å². The Morgan fingerprint density at radius 1 is 0.357 bits per heavy atom. The maximum atomic E-state index is 6.58. The second-order valence-corrected chi connectivity index (χ2v) is 14.4. The second-order valence-electron chi connectivity index (χ2n) is 14.4. The van der Waals surface area contributed by atoms with E-state index in [1.54, 1.807) is 0 Å². The SMILES string of the molecule is c1ccc(-c2ccccc2-c2cc(-c3cccc4c3oc3ccccc34)nc(-c3ccc4c(c3)C(c3ccccc3)(c3ccccc3)c3ccccc3-4)n2)cc1. The van der Waals surface area contributed by atoms with Gasteiger partial charge in [0.25, 0.3) is 0 Å². The van der Waals surface area contributed by atoms with Crippen molar-refractivity contribution in [1.29, 1.82) is 0 Å². The van der Waals surface area contributed by atoms with E-state index in [0.717, 1.165) is 61.1 Å². The first-order valence-corrected chi connectivity index (χ1v) is 19.1. The summed E-state index contributed by atoms with van der Waals surface area (Å²) in [6, 6.07) is 73.2. The Hall–Kier alpha value is -7.36. The minimum Gasteiger partial charge on any atom is -0.455 e. The maximum absolute atomic E-state index is 6.58. The summed E-state index contributed by atoms with van der Waals surface area (Å²) in [5.74, 6) is 0.655. The average Bonchev–Trinajstić information content (AvgIpc) is 3.81. The van der Waals surface area contributed by atoms with Crippen molar-refractivity contribution >= 4 is 21.9 Å². The lowest BCUT2D eigenvalue weighted by atomic mass is 9.67. The molecule has 3 nitrogen and oxygen atoms in total. The molecule has 3 heteroatoms. The molecule has 0 saturated carbocycles. The van der Waals surface area contributed by atoms with Crippen LogP contribution >= 0.6 is 0 Å². The van der Waals surface area contributed by atoms with Crippen LogP contribution in [0.25, 0.3) is 78.1 Å². The molecular formula is C53H34N2O. The Balaban J connectivity index is 1.19. The zero-order valence-electron chi connectivity index (χ0n) is 30.4. The third kappa shape index (κ3) is 4.91. The van der Waals surface area contributed by atoms with Gasteiger partial charge in [-0.1, -0.05) is 182 Å². The molecule has 0 atom stereocenters. The summed E-state index contributed by atoms with van der Waals surface area (Å²) in [5, 5.41) is 2.15. The topological polar surface area (TPSA) is 38.9 Å². The highest BCUT2D eigenvalue weighted by Gasteiger charge is 2.46. The third-order valence-electron chi connectivity index (χ3n) is 11.4. The minimum atomic E-state index is -0.537. The second kappa shape index (κ2) is 12.9. The van der Waals surface area contributed by atoms with E-state index in [1.807, 2.05) is 12.1 Å². The number of furan rings is 1. The van der Waals surface area contributed by atoms with Gasteiger partial charge in [0.1, 0.15) is 11.2 Å². The summed E-state index contributed by atoms with van der Waals surface area (Å²) in [7, 11) is 0. The number of hydrogen-bond acceptors (Lipinski definition) is 3. The molecule has 56 heavy (non-hydrogen) atoms. The number of aromatic nitrogens is 2. The van der Waals surface area contributed by atoms with Gasteiger partial charge in [0, 0.05) is 27.5 Å². The Morgan fingerprint density at radius 3 is 1.66 bits per heavy atom. The van der Waals surface area contributed by atoms with Crippen LogP contribution in [0.15, 0.2) is 211 Å². The minimum absolute atomic E-state index is 0.537. The molecule has 0 radical (unpaired) electrons. The molecule has 2 aromatic heterocycles. The predicted octanol–water partition coefficient (Wildman–Crippen LogP) is 13.4. The Labute approximate surface area is 325 Å². The van der Waals surface area contributed by atoms with Crippen molar-refractivity contribution < 1.29 is 4.42 Å². The Bertz CT molecular complexity index is 3040. The lowest BCUT2D eigenvalue weighted by Gasteiger charge is -2.34. The molecule has 1 aliphatic carbocycles. The van der Waals surface area contributed by atoms with Crippen LogP contribution in [-0.4, -0.2) is 9.97 Å². The fraction of sp³-hybridized carbons (Fsp3) is 0.0189. The summed E-state index contributed by atoms with van der Waals surface area (Å²) in [6.45, 7) is 0. The van der Waals surface area contributed by atoms with Gasteiger partial charge in [-0.2, -0.15) is 0 Å². The highest BCUT2D eigenvalue weighted by Crippen LogP contribution is 2.56. The fourth-order valence-electron chi connectivity index (χ4n) is 8.96. The van der Waals surface area contributed by atoms with E-state index in [1.165, 1.54) is 33.4 Å². The molecule has 0 N–H and O–H groups in total. The molecule has 1 aliphatic rings. The van der Waals surface area contributed by atoms with Crippen LogP contribution in [0.2, 0.25) is 0 Å². The summed E-state index contributed by atoms with van der Waals surface area (Å²) < 4.78 is 6.58. The molecule has 0 saturated heterocycles. The number of benzene rings is 8. The maximum Gasteiger partial charge on any atom is 0.160 e. The summed E-state index contributed by atoms with van der Waals surface area (Å²) >= 11 is 0. The Morgan fingerprint density at radius 2 is 0.911 bits per heavy atom. The van der Waals surface area contributed by atoms with Gasteiger partial charge in [-0.3, -0.25) is 0 Å². The van der Waals surface area contributed by atoms with Gasteiger partial charge in [0.2, 0.25) is 0 Å². The van der Waals surface area contributed by atoms with Crippen molar-refractivity contribution in [3.05, 3.63) is 229 Å². The normalized spacial score (nSPS) is 12.8. The van der Waals surface area contributed by atoms with E-state index >= 15 is 0 Å². The fourth-order valence-corrected chi connectivity index (χ4v) is 8.96. The van der Waals surface area contributed by atoms with Crippen molar-refractivity contribution in [3.63, 3.8) is 0 Å². The molecule has 11 rings (SSSR count). The molecule has 8 aromatic carbocycles. The monoisotopic (exact) mass is 714 g/mol. The number of nitrogens with zero attached hydrogens (tertiary/aromatic N) is 2. The van der Waals surface area contributed by atoms with Crippen LogP contribution in [0.4, 0.5) is 0 Å². The highest BCUT2D eigenvalue weighted by molar-refractivity contribution is 6.09. The van der Waals surface area contributed by atoms with E-state index in [9.17, 15) is 0 Å². The molecular weight excluding hydrogens is 681 g/mol. The van der Waals surface area contributed by atoms with Crippen molar-refractivity contribution in [1.82, 2.24) is 9.97 Å². The highest BCUT2D eigenvalue weighted by atomic mass is 16.3. The van der Waals surface area contributed by atoms with Crippen LogP contribution in [0, 0.1) is 0 Å². The van der Waals surface area contributed by atoms with Gasteiger partial charge in [-0.05, 0) is 68.8 Å². The average molecular weight is 715 g/mol. The van der Waals surface area contributed by atoms with Crippen molar-refractivity contribution in [2.24, 2.45) is 0 Å². The number of rotatable bonds is 6. The van der Waals surface area contributed by atoms with Crippen LogP contribution in [0.1, 0.15) is 22.3 Å². The van der Waals surface area contributed by atoms with E-state index in [0.29, 0.717) is 5.82 Å². The van der Waals surface area contributed by atoms with E-state index in [4.69, 9.17) is 14.4 Å². The van der Waals surface area contributed by atoms with E-state index < -0.39 is 5.41 Å².